The average molecular weight is 514 g/mol. The number of pyridine rings is 1. The zero-order valence-corrected chi connectivity index (χ0v) is 19.7. The third-order valence-electron chi connectivity index (χ3n) is 6.42. The number of amides is 1. The number of anilines is 2. The molecule has 10 heteroatoms. The third-order valence-corrected chi connectivity index (χ3v) is 6.42. The molecule has 0 radical (unpaired) electrons. The van der Waals surface area contributed by atoms with Gasteiger partial charge in [0.2, 0.25) is 5.91 Å². The summed E-state index contributed by atoms with van der Waals surface area (Å²) in [7, 11) is 0. The van der Waals surface area contributed by atoms with E-state index in [0.717, 1.165) is 25.1 Å². The fourth-order valence-electron chi connectivity index (χ4n) is 4.71. The molecule has 1 aliphatic rings. The summed E-state index contributed by atoms with van der Waals surface area (Å²) in [5.74, 6) is -1.36. The van der Waals surface area contributed by atoms with Crippen molar-refractivity contribution in [2.45, 2.75) is 32.0 Å². The van der Waals surface area contributed by atoms with Gasteiger partial charge in [0, 0.05) is 36.2 Å². The topological polar surface area (TPSA) is 50.2 Å². The predicted molar refractivity (Wildman–Crippen MR) is 130 cm³/mol. The minimum absolute atomic E-state index is 0.190. The van der Waals surface area contributed by atoms with Crippen molar-refractivity contribution in [2.75, 3.05) is 23.3 Å². The SMILES string of the molecule is O=C(Cc1cc2cc(F)ccc2n1Cc1cccc(F)c1)Nc1cnc(N2CCCC2)cc1C(F)(F)F. The van der Waals surface area contributed by atoms with Crippen LogP contribution in [0.3, 0.4) is 0 Å². The van der Waals surface area contributed by atoms with Crippen molar-refractivity contribution in [3.63, 3.8) is 0 Å². The molecule has 1 saturated heterocycles. The molecule has 5 rings (SSSR count). The Balaban J connectivity index is 1.44. The quantitative estimate of drug-likeness (QED) is 0.314. The van der Waals surface area contributed by atoms with Crippen LogP contribution >= 0.6 is 0 Å². The summed E-state index contributed by atoms with van der Waals surface area (Å²) in [6.45, 7) is 1.45. The van der Waals surface area contributed by atoms with Crippen molar-refractivity contribution in [3.8, 4) is 0 Å². The van der Waals surface area contributed by atoms with Crippen LogP contribution in [0.5, 0.6) is 0 Å². The molecule has 0 saturated carbocycles. The van der Waals surface area contributed by atoms with Crippen molar-refractivity contribution < 1.29 is 26.7 Å². The van der Waals surface area contributed by atoms with Crippen LogP contribution in [-0.2, 0) is 23.9 Å². The van der Waals surface area contributed by atoms with Gasteiger partial charge in [-0.1, -0.05) is 12.1 Å². The number of benzene rings is 2. The van der Waals surface area contributed by atoms with Gasteiger partial charge in [0.15, 0.2) is 0 Å². The lowest BCUT2D eigenvalue weighted by Gasteiger charge is -2.20. The average Bonchev–Trinajstić information content (AvgIpc) is 3.47. The normalized spacial score (nSPS) is 13.9. The highest BCUT2D eigenvalue weighted by atomic mass is 19.4. The lowest BCUT2D eigenvalue weighted by atomic mass is 10.2. The first-order valence-electron chi connectivity index (χ1n) is 11.8. The zero-order valence-electron chi connectivity index (χ0n) is 19.7. The van der Waals surface area contributed by atoms with Crippen molar-refractivity contribution in [3.05, 3.63) is 89.2 Å². The number of fused-ring (bicyclic) bond motifs is 1. The Hall–Kier alpha value is -3.95. The standard InChI is InChI=1S/C27H23F5N4O/c28-19-5-3-4-17(10-19)16-36-21(12-18-11-20(29)6-7-24(18)36)13-26(37)34-23-15-33-25(35-8-1-2-9-35)14-22(23)27(30,31)32/h3-7,10-12,14-15H,1-2,8-9,13,16H2,(H,34,37). The maximum Gasteiger partial charge on any atom is 0.418 e. The van der Waals surface area contributed by atoms with E-state index in [1.54, 1.807) is 33.7 Å². The van der Waals surface area contributed by atoms with E-state index >= 15 is 0 Å². The number of nitrogens with one attached hydrogen (secondary N) is 1. The van der Waals surface area contributed by atoms with E-state index in [-0.39, 0.29) is 18.8 Å². The summed E-state index contributed by atoms with van der Waals surface area (Å²) in [4.78, 5) is 18.9. The summed E-state index contributed by atoms with van der Waals surface area (Å²) in [6.07, 6.45) is -2.17. The lowest BCUT2D eigenvalue weighted by Crippen LogP contribution is -2.23. The Morgan fingerprint density at radius 2 is 1.73 bits per heavy atom. The molecule has 192 valence electrons. The number of halogens is 5. The molecule has 0 bridgehead atoms. The molecule has 0 aliphatic carbocycles. The first-order chi connectivity index (χ1) is 17.7. The van der Waals surface area contributed by atoms with Crippen LogP contribution in [0.15, 0.2) is 60.8 Å². The van der Waals surface area contributed by atoms with Gasteiger partial charge in [0.05, 0.1) is 23.9 Å². The Kier molecular flexibility index (Phi) is 6.57. The van der Waals surface area contributed by atoms with Gasteiger partial charge >= 0.3 is 6.18 Å². The molecule has 0 atom stereocenters. The van der Waals surface area contributed by atoms with E-state index < -0.39 is 35.0 Å². The summed E-state index contributed by atoms with van der Waals surface area (Å²) < 4.78 is 70.9. The van der Waals surface area contributed by atoms with E-state index in [0.29, 0.717) is 35.2 Å². The van der Waals surface area contributed by atoms with Crippen molar-refractivity contribution in [2.24, 2.45) is 0 Å². The lowest BCUT2D eigenvalue weighted by molar-refractivity contribution is -0.137. The van der Waals surface area contributed by atoms with E-state index in [2.05, 4.69) is 10.3 Å². The molecule has 1 N–H and O–H groups in total. The van der Waals surface area contributed by atoms with E-state index in [1.807, 2.05) is 0 Å². The molecule has 1 aliphatic heterocycles. The van der Waals surface area contributed by atoms with Crippen LogP contribution in [-0.4, -0.2) is 28.5 Å². The molecule has 2 aromatic carbocycles. The molecule has 4 aromatic rings. The van der Waals surface area contributed by atoms with Gasteiger partial charge in [-0.25, -0.2) is 13.8 Å². The van der Waals surface area contributed by atoms with Crippen molar-refractivity contribution in [1.29, 1.82) is 0 Å². The molecular formula is C27H23F5N4O. The van der Waals surface area contributed by atoms with Crippen molar-refractivity contribution >= 4 is 28.3 Å². The Labute approximate surface area is 209 Å². The highest BCUT2D eigenvalue weighted by Gasteiger charge is 2.35. The fourth-order valence-corrected chi connectivity index (χ4v) is 4.71. The second-order valence-corrected chi connectivity index (χ2v) is 9.06. The van der Waals surface area contributed by atoms with E-state index in [4.69, 9.17) is 0 Å². The zero-order chi connectivity index (χ0) is 26.2. The van der Waals surface area contributed by atoms with E-state index in [1.165, 1.54) is 24.3 Å². The molecular weight excluding hydrogens is 491 g/mol. The Morgan fingerprint density at radius 3 is 2.46 bits per heavy atom. The number of rotatable bonds is 6. The molecule has 37 heavy (non-hydrogen) atoms. The van der Waals surface area contributed by atoms with E-state index in [9.17, 15) is 26.7 Å². The van der Waals surface area contributed by atoms with Crippen LogP contribution in [0.25, 0.3) is 10.9 Å². The number of nitrogens with zero attached hydrogens (tertiary/aromatic N) is 3. The van der Waals surface area contributed by atoms with Gasteiger partial charge < -0.3 is 14.8 Å². The maximum atomic E-state index is 13.9. The first-order valence-corrected chi connectivity index (χ1v) is 11.8. The van der Waals surface area contributed by atoms with Gasteiger partial charge in [-0.3, -0.25) is 4.79 Å². The van der Waals surface area contributed by atoms with Gasteiger partial charge in [0.25, 0.3) is 0 Å². The number of carbonyl (C=O) groups excluding carboxylic acids is 1. The molecule has 1 amide bonds. The van der Waals surface area contributed by atoms with Crippen LogP contribution in [0.4, 0.5) is 33.5 Å². The van der Waals surface area contributed by atoms with Crippen molar-refractivity contribution in [1.82, 2.24) is 9.55 Å². The minimum Gasteiger partial charge on any atom is -0.357 e. The summed E-state index contributed by atoms with van der Waals surface area (Å²) in [5.41, 5.74) is 0.266. The Morgan fingerprint density at radius 1 is 0.973 bits per heavy atom. The smallest absolute Gasteiger partial charge is 0.357 e. The second kappa shape index (κ2) is 9.84. The summed E-state index contributed by atoms with van der Waals surface area (Å²) >= 11 is 0. The van der Waals surface area contributed by atoms with Gasteiger partial charge in [-0.15, -0.1) is 0 Å². The molecule has 0 spiro atoms. The number of hydrogen-bond acceptors (Lipinski definition) is 3. The maximum absolute atomic E-state index is 13.9. The largest absolute Gasteiger partial charge is 0.418 e. The molecule has 2 aromatic heterocycles. The van der Waals surface area contributed by atoms with Crippen LogP contribution in [0.1, 0.15) is 29.7 Å². The minimum atomic E-state index is -4.69. The summed E-state index contributed by atoms with van der Waals surface area (Å²) in [6, 6.07) is 12.6. The fraction of sp³-hybridized carbons (Fsp3) is 0.259. The highest BCUT2D eigenvalue weighted by Crippen LogP contribution is 2.37. The van der Waals surface area contributed by atoms with Crippen LogP contribution in [0.2, 0.25) is 0 Å². The van der Waals surface area contributed by atoms with Gasteiger partial charge in [-0.05, 0) is 60.9 Å². The molecule has 1 fully saturated rings. The number of alkyl halides is 3. The number of aromatic nitrogens is 2. The second-order valence-electron chi connectivity index (χ2n) is 9.06. The molecule has 0 unspecified atom stereocenters. The number of hydrogen-bond donors (Lipinski definition) is 1. The molecule has 5 nitrogen and oxygen atoms in total. The first kappa shape index (κ1) is 24.7. The Bertz CT molecular complexity index is 1460. The third kappa shape index (κ3) is 5.42. The summed E-state index contributed by atoms with van der Waals surface area (Å²) in [5, 5.41) is 2.87. The van der Waals surface area contributed by atoms with Gasteiger partial charge in [-0.2, -0.15) is 13.2 Å². The number of carbonyl (C=O) groups is 1. The highest BCUT2D eigenvalue weighted by molar-refractivity contribution is 5.94. The molecule has 3 heterocycles. The van der Waals surface area contributed by atoms with Crippen LogP contribution in [0, 0.1) is 11.6 Å². The van der Waals surface area contributed by atoms with Gasteiger partial charge in [0.1, 0.15) is 17.5 Å². The van der Waals surface area contributed by atoms with Crippen LogP contribution < -0.4 is 10.2 Å². The predicted octanol–water partition coefficient (Wildman–Crippen LogP) is 6.16. The monoisotopic (exact) mass is 514 g/mol.